The SMILES string of the molecule is CC(C)N(C(=O)CN(C(=O)C(CCC(=O)O)NC(=O)c1cc2ccccc2[nH]1)c1ccccc1)c1ccc(O)cc1. The molecule has 1 aromatic heterocycles. The number of carboxylic acid groups (broad SMARTS) is 1. The highest BCUT2D eigenvalue weighted by Crippen LogP contribution is 2.23. The van der Waals surface area contributed by atoms with Crippen molar-refractivity contribution >= 4 is 46.0 Å². The highest BCUT2D eigenvalue weighted by Gasteiger charge is 2.31. The van der Waals surface area contributed by atoms with Crippen LogP contribution in [-0.2, 0) is 14.4 Å². The summed E-state index contributed by atoms with van der Waals surface area (Å²) in [7, 11) is 0. The lowest BCUT2D eigenvalue weighted by molar-refractivity contribution is -0.137. The average Bonchev–Trinajstić information content (AvgIpc) is 3.39. The largest absolute Gasteiger partial charge is 0.508 e. The molecule has 1 unspecified atom stereocenters. The van der Waals surface area contributed by atoms with Crippen LogP contribution in [0.4, 0.5) is 11.4 Å². The molecule has 10 nitrogen and oxygen atoms in total. The fourth-order valence-corrected chi connectivity index (χ4v) is 4.60. The second-order valence-electron chi connectivity index (χ2n) is 9.86. The summed E-state index contributed by atoms with van der Waals surface area (Å²) >= 11 is 0. The molecule has 0 radical (unpaired) electrons. The number of H-pyrrole nitrogens is 1. The van der Waals surface area contributed by atoms with Gasteiger partial charge in [0, 0.05) is 34.7 Å². The number of rotatable bonds is 11. The molecule has 0 fully saturated rings. The van der Waals surface area contributed by atoms with E-state index in [1.54, 1.807) is 48.5 Å². The Labute approximate surface area is 237 Å². The van der Waals surface area contributed by atoms with Crippen LogP contribution in [0.1, 0.15) is 37.2 Å². The average molecular weight is 557 g/mol. The van der Waals surface area contributed by atoms with Crippen molar-refractivity contribution in [2.75, 3.05) is 16.3 Å². The number of fused-ring (bicyclic) bond motifs is 1. The van der Waals surface area contributed by atoms with Crippen LogP contribution in [0.3, 0.4) is 0 Å². The number of aromatic nitrogens is 1. The smallest absolute Gasteiger partial charge is 0.303 e. The van der Waals surface area contributed by atoms with E-state index >= 15 is 0 Å². The van der Waals surface area contributed by atoms with E-state index in [9.17, 15) is 29.4 Å². The Balaban J connectivity index is 1.64. The van der Waals surface area contributed by atoms with E-state index in [4.69, 9.17) is 0 Å². The predicted molar refractivity (Wildman–Crippen MR) is 156 cm³/mol. The van der Waals surface area contributed by atoms with E-state index in [0.29, 0.717) is 11.4 Å². The maximum absolute atomic E-state index is 14.0. The van der Waals surface area contributed by atoms with Crippen LogP contribution in [-0.4, -0.2) is 57.5 Å². The molecule has 41 heavy (non-hydrogen) atoms. The monoisotopic (exact) mass is 556 g/mol. The standard InChI is InChI=1S/C31H32N4O6/c1-20(2)35(23-12-14-24(36)15-13-23)28(37)19-34(22-9-4-3-5-10-22)31(41)26(16-17-29(38)39)33-30(40)27-18-21-8-6-7-11-25(21)32-27/h3-15,18,20,26,32,36H,16-17,19H2,1-2H3,(H,33,40)(H,38,39). The van der Waals surface area contributed by atoms with Gasteiger partial charge in [0.2, 0.25) is 11.8 Å². The number of aliphatic carboxylic acids is 1. The number of nitrogens with zero attached hydrogens (tertiary/aromatic N) is 2. The first-order valence-corrected chi connectivity index (χ1v) is 13.2. The molecule has 3 aromatic carbocycles. The minimum Gasteiger partial charge on any atom is -0.508 e. The molecule has 4 aromatic rings. The summed E-state index contributed by atoms with van der Waals surface area (Å²) in [4.78, 5) is 58.1. The normalized spacial score (nSPS) is 11.7. The minimum atomic E-state index is -1.22. The van der Waals surface area contributed by atoms with Gasteiger partial charge in [0.25, 0.3) is 5.91 Å². The number of benzene rings is 3. The first-order chi connectivity index (χ1) is 19.6. The Hall–Kier alpha value is -5.12. The van der Waals surface area contributed by atoms with Crippen LogP contribution in [0.2, 0.25) is 0 Å². The fourth-order valence-electron chi connectivity index (χ4n) is 4.60. The molecule has 1 heterocycles. The number of anilines is 2. The molecule has 4 N–H and O–H groups in total. The summed E-state index contributed by atoms with van der Waals surface area (Å²) < 4.78 is 0. The van der Waals surface area contributed by atoms with Crippen molar-refractivity contribution < 1.29 is 29.4 Å². The fraction of sp³-hybridized carbons (Fsp3) is 0.226. The van der Waals surface area contributed by atoms with E-state index < -0.39 is 29.7 Å². The van der Waals surface area contributed by atoms with Gasteiger partial charge in [-0.15, -0.1) is 0 Å². The lowest BCUT2D eigenvalue weighted by Gasteiger charge is -2.32. The zero-order valence-electron chi connectivity index (χ0n) is 22.8. The summed E-state index contributed by atoms with van der Waals surface area (Å²) in [6, 6.07) is 22.2. The maximum Gasteiger partial charge on any atom is 0.303 e. The number of hydrogen-bond donors (Lipinski definition) is 4. The number of aromatic amines is 1. The third kappa shape index (κ3) is 7.10. The molecule has 0 bridgehead atoms. The topological polar surface area (TPSA) is 143 Å². The van der Waals surface area contributed by atoms with Gasteiger partial charge in [0.15, 0.2) is 0 Å². The number of hydrogen-bond acceptors (Lipinski definition) is 5. The van der Waals surface area contributed by atoms with Gasteiger partial charge in [-0.2, -0.15) is 0 Å². The zero-order chi connectivity index (χ0) is 29.5. The molecular weight excluding hydrogens is 524 g/mol. The second kappa shape index (κ2) is 12.8. The van der Waals surface area contributed by atoms with Crippen LogP contribution in [0.25, 0.3) is 10.9 Å². The van der Waals surface area contributed by atoms with E-state index in [1.165, 1.54) is 21.9 Å². The quantitative estimate of drug-likeness (QED) is 0.217. The van der Waals surface area contributed by atoms with Crippen molar-refractivity contribution in [3.63, 3.8) is 0 Å². The Kier molecular flexibility index (Phi) is 9.03. The first-order valence-electron chi connectivity index (χ1n) is 13.2. The highest BCUT2D eigenvalue weighted by atomic mass is 16.4. The van der Waals surface area contributed by atoms with Gasteiger partial charge in [-0.25, -0.2) is 0 Å². The molecule has 0 aliphatic heterocycles. The van der Waals surface area contributed by atoms with E-state index in [1.807, 2.05) is 38.1 Å². The number of carboxylic acids is 1. The van der Waals surface area contributed by atoms with Gasteiger partial charge in [-0.1, -0.05) is 36.4 Å². The summed E-state index contributed by atoms with van der Waals surface area (Å²) in [6.07, 6.45) is -0.547. The van der Waals surface area contributed by atoms with Crippen LogP contribution in [0.15, 0.2) is 84.9 Å². The van der Waals surface area contributed by atoms with Gasteiger partial charge in [0.05, 0.1) is 0 Å². The van der Waals surface area contributed by atoms with Gasteiger partial charge >= 0.3 is 5.97 Å². The second-order valence-corrected chi connectivity index (χ2v) is 9.86. The number of phenolic OH excluding ortho intramolecular Hbond substituents is 1. The molecule has 0 aliphatic rings. The summed E-state index contributed by atoms with van der Waals surface area (Å²) in [5.41, 5.74) is 1.92. The summed E-state index contributed by atoms with van der Waals surface area (Å²) in [5, 5.41) is 22.5. The number of phenols is 1. The van der Waals surface area contributed by atoms with E-state index in [2.05, 4.69) is 10.3 Å². The number of nitrogens with one attached hydrogen (secondary N) is 2. The predicted octanol–water partition coefficient (Wildman–Crippen LogP) is 4.31. The van der Waals surface area contributed by atoms with Crippen LogP contribution in [0, 0.1) is 0 Å². The molecule has 3 amide bonds. The Morgan fingerprint density at radius 2 is 1.54 bits per heavy atom. The summed E-state index contributed by atoms with van der Waals surface area (Å²) in [5.74, 6) is -2.66. The van der Waals surface area contributed by atoms with Crippen molar-refractivity contribution in [2.45, 2.75) is 38.8 Å². The minimum absolute atomic E-state index is 0.0537. The molecule has 0 saturated heterocycles. The Morgan fingerprint density at radius 3 is 2.17 bits per heavy atom. The first kappa shape index (κ1) is 28.9. The van der Waals surface area contributed by atoms with Crippen molar-refractivity contribution in [2.24, 2.45) is 0 Å². The highest BCUT2D eigenvalue weighted by molar-refractivity contribution is 6.07. The Morgan fingerprint density at radius 1 is 0.878 bits per heavy atom. The van der Waals surface area contributed by atoms with Crippen LogP contribution >= 0.6 is 0 Å². The number of amides is 3. The van der Waals surface area contributed by atoms with Crippen molar-refractivity contribution in [1.82, 2.24) is 10.3 Å². The molecule has 0 aliphatic carbocycles. The number of carbonyl (C=O) groups excluding carboxylic acids is 3. The molecule has 1 atom stereocenters. The summed E-state index contributed by atoms with van der Waals surface area (Å²) in [6.45, 7) is 3.29. The Bertz CT molecular complexity index is 1500. The number of para-hydroxylation sites is 2. The third-order valence-corrected chi connectivity index (χ3v) is 6.57. The number of carbonyl (C=O) groups is 4. The van der Waals surface area contributed by atoms with Crippen LogP contribution < -0.4 is 15.1 Å². The van der Waals surface area contributed by atoms with Gasteiger partial charge in [-0.05, 0) is 68.8 Å². The lowest BCUT2D eigenvalue weighted by atomic mass is 10.1. The van der Waals surface area contributed by atoms with E-state index in [0.717, 1.165) is 10.9 Å². The molecule has 0 saturated carbocycles. The van der Waals surface area contributed by atoms with Crippen molar-refractivity contribution in [3.8, 4) is 5.75 Å². The molecular formula is C31H32N4O6. The van der Waals surface area contributed by atoms with Crippen LogP contribution in [0.5, 0.6) is 5.75 Å². The third-order valence-electron chi connectivity index (χ3n) is 6.57. The van der Waals surface area contributed by atoms with Crippen molar-refractivity contribution in [3.05, 3.63) is 90.6 Å². The zero-order valence-corrected chi connectivity index (χ0v) is 22.8. The lowest BCUT2D eigenvalue weighted by Crippen LogP contribution is -2.53. The molecule has 10 heteroatoms. The van der Waals surface area contributed by atoms with Gasteiger partial charge in [0.1, 0.15) is 24.0 Å². The molecule has 0 spiro atoms. The maximum atomic E-state index is 14.0. The van der Waals surface area contributed by atoms with Crippen molar-refractivity contribution in [1.29, 1.82) is 0 Å². The van der Waals surface area contributed by atoms with Gasteiger partial charge < -0.3 is 30.3 Å². The number of aromatic hydroxyl groups is 1. The van der Waals surface area contributed by atoms with Gasteiger partial charge in [-0.3, -0.25) is 19.2 Å². The van der Waals surface area contributed by atoms with E-state index in [-0.39, 0.29) is 36.9 Å². The molecule has 4 rings (SSSR count). The molecule has 212 valence electrons.